The Bertz CT molecular complexity index is 1070. The lowest BCUT2D eigenvalue weighted by Crippen LogP contribution is -2.15. The van der Waals surface area contributed by atoms with E-state index in [0.717, 1.165) is 0 Å². The van der Waals surface area contributed by atoms with Crippen LogP contribution in [0.15, 0.2) is 105 Å². The molecular formula is C18H14N2O6S2. The lowest BCUT2D eigenvalue weighted by atomic mass is 10.1. The van der Waals surface area contributed by atoms with Crippen molar-refractivity contribution >= 4 is 31.7 Å². The van der Waals surface area contributed by atoms with Crippen molar-refractivity contribution < 1.29 is 25.4 Å². The molecule has 0 saturated heterocycles. The highest BCUT2D eigenvalue weighted by molar-refractivity contribution is 7.87. The molecule has 0 bridgehead atoms. The van der Waals surface area contributed by atoms with E-state index in [1.165, 1.54) is 36.4 Å². The van der Waals surface area contributed by atoms with E-state index >= 15 is 0 Å². The number of oxime groups is 2. The monoisotopic (exact) mass is 418 g/mol. The summed E-state index contributed by atoms with van der Waals surface area (Å²) in [5, 5.41) is 7.14. The van der Waals surface area contributed by atoms with Gasteiger partial charge in [0.15, 0.2) is 0 Å². The second kappa shape index (κ2) is 8.19. The first-order valence-corrected chi connectivity index (χ1v) is 10.7. The minimum absolute atomic E-state index is 0.0229. The average molecular weight is 418 g/mol. The second-order valence-corrected chi connectivity index (χ2v) is 8.41. The quantitative estimate of drug-likeness (QED) is 0.527. The third kappa shape index (κ3) is 4.72. The zero-order valence-electron chi connectivity index (χ0n) is 14.2. The first-order chi connectivity index (χ1) is 13.4. The fourth-order valence-electron chi connectivity index (χ4n) is 2.06. The molecule has 28 heavy (non-hydrogen) atoms. The maximum absolute atomic E-state index is 12.1. The van der Waals surface area contributed by atoms with Gasteiger partial charge in [0.1, 0.15) is 21.2 Å². The molecule has 0 amide bonds. The number of hydrogen-bond donors (Lipinski definition) is 0. The minimum Gasteiger partial charge on any atom is -0.264 e. The molecule has 3 rings (SSSR count). The second-order valence-electron chi connectivity index (χ2n) is 5.35. The molecule has 0 spiro atoms. The van der Waals surface area contributed by atoms with E-state index in [0.29, 0.717) is 0 Å². The average Bonchev–Trinajstić information content (AvgIpc) is 2.73. The fraction of sp³-hybridized carbons (Fsp3) is 0. The van der Waals surface area contributed by atoms with Crippen molar-refractivity contribution in [1.82, 2.24) is 0 Å². The summed E-state index contributed by atoms with van der Waals surface area (Å²) in [5.41, 5.74) is -0.0458. The Balaban J connectivity index is 1.81. The molecule has 144 valence electrons. The fourth-order valence-corrected chi connectivity index (χ4v) is 3.57. The molecular weight excluding hydrogens is 404 g/mol. The Morgan fingerprint density at radius 1 is 0.571 bits per heavy atom. The highest BCUT2D eigenvalue weighted by Gasteiger charge is 2.19. The van der Waals surface area contributed by atoms with Gasteiger partial charge in [-0.2, -0.15) is 16.8 Å². The third-order valence-corrected chi connectivity index (χ3v) is 5.65. The highest BCUT2D eigenvalue weighted by atomic mass is 32.2. The molecule has 10 heteroatoms. The highest BCUT2D eigenvalue weighted by Crippen LogP contribution is 2.14. The van der Waals surface area contributed by atoms with E-state index in [-0.39, 0.29) is 21.2 Å². The van der Waals surface area contributed by atoms with E-state index in [1.54, 1.807) is 48.6 Å². The standard InChI is InChI=1S/C18H14N2O6S2/c21-27(22,15-9-3-1-4-10-15)25-19-17-13-7-8-14-18(17)20-26-28(23,24)16-11-5-2-6-12-16/h1-14H. The predicted molar refractivity (Wildman–Crippen MR) is 103 cm³/mol. The molecule has 0 aliphatic heterocycles. The van der Waals surface area contributed by atoms with Gasteiger partial charge >= 0.3 is 20.2 Å². The summed E-state index contributed by atoms with van der Waals surface area (Å²) < 4.78 is 58.0. The first-order valence-electron chi connectivity index (χ1n) is 7.87. The van der Waals surface area contributed by atoms with Crippen molar-refractivity contribution in [3.63, 3.8) is 0 Å². The summed E-state index contributed by atoms with van der Waals surface area (Å²) in [6, 6.07) is 14.9. The summed E-state index contributed by atoms with van der Waals surface area (Å²) in [6.07, 6.45) is 5.92. The van der Waals surface area contributed by atoms with E-state index in [2.05, 4.69) is 10.3 Å². The van der Waals surface area contributed by atoms with Crippen LogP contribution in [0.4, 0.5) is 0 Å². The van der Waals surface area contributed by atoms with Crippen molar-refractivity contribution in [2.75, 3.05) is 0 Å². The van der Waals surface area contributed by atoms with Crippen LogP contribution >= 0.6 is 0 Å². The van der Waals surface area contributed by atoms with Crippen molar-refractivity contribution in [2.45, 2.75) is 9.79 Å². The molecule has 1 aliphatic carbocycles. The molecule has 0 atom stereocenters. The maximum atomic E-state index is 12.1. The smallest absolute Gasteiger partial charge is 0.264 e. The van der Waals surface area contributed by atoms with Gasteiger partial charge in [-0.3, -0.25) is 8.57 Å². The molecule has 2 aromatic carbocycles. The number of nitrogens with zero attached hydrogens (tertiary/aromatic N) is 2. The topological polar surface area (TPSA) is 111 Å². The van der Waals surface area contributed by atoms with Gasteiger partial charge in [0.25, 0.3) is 0 Å². The van der Waals surface area contributed by atoms with Gasteiger partial charge in [-0.05, 0) is 36.4 Å². The zero-order chi connectivity index (χ0) is 20.0. The summed E-state index contributed by atoms with van der Waals surface area (Å²) in [7, 11) is -8.26. The summed E-state index contributed by atoms with van der Waals surface area (Å²) >= 11 is 0. The lowest BCUT2D eigenvalue weighted by molar-refractivity contribution is 0.335. The van der Waals surface area contributed by atoms with E-state index in [1.807, 2.05) is 0 Å². The van der Waals surface area contributed by atoms with Crippen LogP contribution < -0.4 is 0 Å². The molecule has 0 radical (unpaired) electrons. The van der Waals surface area contributed by atoms with Crippen molar-refractivity contribution in [1.29, 1.82) is 0 Å². The minimum atomic E-state index is -4.13. The Labute approximate surface area is 162 Å². The van der Waals surface area contributed by atoms with Crippen LogP contribution in [0.25, 0.3) is 0 Å². The van der Waals surface area contributed by atoms with Gasteiger partial charge in [0, 0.05) is 0 Å². The molecule has 1 aliphatic rings. The van der Waals surface area contributed by atoms with Crippen LogP contribution in [0, 0.1) is 0 Å². The first kappa shape index (κ1) is 19.5. The maximum Gasteiger partial charge on any atom is 0.358 e. The van der Waals surface area contributed by atoms with E-state index < -0.39 is 20.2 Å². The third-order valence-electron chi connectivity index (χ3n) is 3.41. The zero-order valence-corrected chi connectivity index (χ0v) is 15.9. The lowest BCUT2D eigenvalue weighted by Gasteiger charge is -2.07. The molecule has 0 fully saturated rings. The largest absolute Gasteiger partial charge is 0.358 e. The Hall–Kier alpha value is -3.24. The Morgan fingerprint density at radius 3 is 1.29 bits per heavy atom. The number of rotatable bonds is 6. The van der Waals surface area contributed by atoms with Gasteiger partial charge < -0.3 is 0 Å². The van der Waals surface area contributed by atoms with Crippen molar-refractivity contribution in [3.05, 3.63) is 85.0 Å². The summed E-state index contributed by atoms with van der Waals surface area (Å²) in [4.78, 5) is -0.146. The number of hydrogen-bond acceptors (Lipinski definition) is 8. The predicted octanol–water partition coefficient (Wildman–Crippen LogP) is 2.64. The van der Waals surface area contributed by atoms with E-state index in [9.17, 15) is 16.8 Å². The Morgan fingerprint density at radius 2 is 0.929 bits per heavy atom. The summed E-state index contributed by atoms with van der Waals surface area (Å²) in [5.74, 6) is 0. The van der Waals surface area contributed by atoms with Crippen molar-refractivity contribution in [2.24, 2.45) is 10.3 Å². The molecule has 0 saturated carbocycles. The van der Waals surface area contributed by atoms with Gasteiger partial charge in [0.05, 0.1) is 0 Å². The number of benzene rings is 2. The van der Waals surface area contributed by atoms with Crippen LogP contribution in [0.5, 0.6) is 0 Å². The van der Waals surface area contributed by atoms with Gasteiger partial charge in [-0.15, -0.1) is 0 Å². The van der Waals surface area contributed by atoms with Crippen LogP contribution in [-0.4, -0.2) is 28.3 Å². The van der Waals surface area contributed by atoms with Crippen LogP contribution in [-0.2, 0) is 28.8 Å². The molecule has 0 heterocycles. The SMILES string of the molecule is O=S(=O)(ON=C1C=CC=CC1=NOS(=O)(=O)c1ccccc1)c1ccccc1. The van der Waals surface area contributed by atoms with Crippen molar-refractivity contribution in [3.8, 4) is 0 Å². The van der Waals surface area contributed by atoms with Crippen LogP contribution in [0.3, 0.4) is 0 Å². The van der Waals surface area contributed by atoms with Gasteiger partial charge in [-0.1, -0.05) is 58.9 Å². The van der Waals surface area contributed by atoms with Crippen LogP contribution in [0.2, 0.25) is 0 Å². The summed E-state index contributed by atoms with van der Waals surface area (Å²) in [6.45, 7) is 0. The molecule has 0 unspecified atom stereocenters. The van der Waals surface area contributed by atoms with Gasteiger partial charge in [0.2, 0.25) is 0 Å². The van der Waals surface area contributed by atoms with Gasteiger partial charge in [-0.25, -0.2) is 0 Å². The molecule has 2 aromatic rings. The van der Waals surface area contributed by atoms with Crippen LogP contribution in [0.1, 0.15) is 0 Å². The normalized spacial score (nSPS) is 17.0. The molecule has 0 aromatic heterocycles. The Kier molecular flexibility index (Phi) is 5.71. The molecule has 8 nitrogen and oxygen atoms in total. The van der Waals surface area contributed by atoms with E-state index in [4.69, 9.17) is 8.57 Å². The number of allylic oxidation sites excluding steroid dienone is 4. The molecule has 0 N–H and O–H groups in total.